The van der Waals surface area contributed by atoms with Crippen LogP contribution in [-0.2, 0) is 14.8 Å². The van der Waals surface area contributed by atoms with Crippen molar-refractivity contribution in [2.24, 2.45) is 0 Å². The zero-order valence-electron chi connectivity index (χ0n) is 8.54. The molecule has 0 saturated heterocycles. The summed E-state index contributed by atoms with van der Waals surface area (Å²) in [6, 6.07) is 4.93. The molecule has 0 atom stereocenters. The van der Waals surface area contributed by atoms with Crippen molar-refractivity contribution in [3.05, 3.63) is 24.4 Å². The molecule has 90 valence electrons. The number of aromatic amines is 1. The number of sulfonamides is 1. The monoisotopic (exact) mass is 255 g/mol. The average Bonchev–Trinajstić information content (AvgIpc) is 2.63. The van der Waals surface area contributed by atoms with Crippen LogP contribution in [0.4, 0.5) is 5.69 Å². The average molecular weight is 255 g/mol. The van der Waals surface area contributed by atoms with E-state index in [9.17, 15) is 13.2 Å². The largest absolute Gasteiger partial charge is 0.480 e. The van der Waals surface area contributed by atoms with Gasteiger partial charge in [-0.2, -0.15) is 5.10 Å². The molecule has 1 heterocycles. The molecule has 1 aromatic heterocycles. The Labute approximate surface area is 96.5 Å². The van der Waals surface area contributed by atoms with Gasteiger partial charge in [-0.25, -0.2) is 8.42 Å². The third kappa shape index (κ3) is 2.53. The molecule has 1 aromatic carbocycles. The highest BCUT2D eigenvalue weighted by Gasteiger charge is 2.16. The van der Waals surface area contributed by atoms with E-state index in [-0.39, 0.29) is 5.69 Å². The second kappa shape index (κ2) is 4.06. The van der Waals surface area contributed by atoms with E-state index >= 15 is 0 Å². The summed E-state index contributed by atoms with van der Waals surface area (Å²) in [6.07, 6.45) is 1.55. The van der Waals surface area contributed by atoms with Crippen LogP contribution in [0.15, 0.2) is 24.4 Å². The Hall–Kier alpha value is -2.09. The minimum absolute atomic E-state index is 0.279. The van der Waals surface area contributed by atoms with E-state index in [1.165, 1.54) is 6.07 Å². The molecule has 17 heavy (non-hydrogen) atoms. The number of hydrogen-bond acceptors (Lipinski definition) is 4. The molecule has 2 aromatic rings. The van der Waals surface area contributed by atoms with Crippen LogP contribution >= 0.6 is 0 Å². The Bertz CT molecular complexity index is 662. The van der Waals surface area contributed by atoms with Gasteiger partial charge in [0, 0.05) is 5.39 Å². The molecule has 7 nitrogen and oxygen atoms in total. The zero-order valence-corrected chi connectivity index (χ0v) is 9.36. The number of benzene rings is 1. The fraction of sp³-hybridized carbons (Fsp3) is 0.111. The van der Waals surface area contributed by atoms with Crippen molar-refractivity contribution in [1.82, 2.24) is 10.2 Å². The van der Waals surface area contributed by atoms with Gasteiger partial charge in [0.25, 0.3) is 0 Å². The van der Waals surface area contributed by atoms with Crippen molar-refractivity contribution in [2.75, 3.05) is 10.5 Å². The van der Waals surface area contributed by atoms with E-state index in [1.54, 1.807) is 18.3 Å². The highest BCUT2D eigenvalue weighted by atomic mass is 32.2. The molecule has 2 rings (SSSR count). The maximum absolute atomic E-state index is 11.4. The molecule has 0 amide bonds. The zero-order chi connectivity index (χ0) is 12.5. The summed E-state index contributed by atoms with van der Waals surface area (Å²) in [5, 5.41) is 15.6. The van der Waals surface area contributed by atoms with Crippen LogP contribution in [0.25, 0.3) is 10.9 Å². The number of nitrogens with zero attached hydrogens (tertiary/aromatic N) is 1. The first-order valence-corrected chi connectivity index (χ1v) is 6.27. The molecule has 0 spiro atoms. The Kier molecular flexibility index (Phi) is 2.72. The molecule has 0 aliphatic heterocycles. The van der Waals surface area contributed by atoms with Crippen LogP contribution in [0.5, 0.6) is 0 Å². The van der Waals surface area contributed by atoms with Gasteiger partial charge in [0.1, 0.15) is 0 Å². The van der Waals surface area contributed by atoms with Crippen LogP contribution in [0, 0.1) is 0 Å². The molecular weight excluding hydrogens is 246 g/mol. The van der Waals surface area contributed by atoms with Crippen LogP contribution in [0.3, 0.4) is 0 Å². The maximum atomic E-state index is 11.4. The normalized spacial score (nSPS) is 11.5. The summed E-state index contributed by atoms with van der Waals surface area (Å²) in [5.74, 6) is -2.38. The minimum atomic E-state index is -3.90. The number of nitrogens with one attached hydrogen (secondary N) is 2. The summed E-state index contributed by atoms with van der Waals surface area (Å²) in [4.78, 5) is 10.4. The Balaban J connectivity index is 2.36. The highest BCUT2D eigenvalue weighted by molar-refractivity contribution is 7.93. The maximum Gasteiger partial charge on any atom is 0.320 e. The van der Waals surface area contributed by atoms with Crippen molar-refractivity contribution in [3.8, 4) is 0 Å². The van der Waals surface area contributed by atoms with Crippen molar-refractivity contribution in [3.63, 3.8) is 0 Å². The quantitative estimate of drug-likeness (QED) is 0.731. The molecule has 3 N–H and O–H groups in total. The lowest BCUT2D eigenvalue weighted by Crippen LogP contribution is -2.22. The molecular formula is C9H9N3O4S. The second-order valence-electron chi connectivity index (χ2n) is 3.39. The lowest BCUT2D eigenvalue weighted by molar-refractivity contribution is -0.134. The number of H-pyrrole nitrogens is 1. The Morgan fingerprint density at radius 3 is 2.94 bits per heavy atom. The lowest BCUT2D eigenvalue weighted by Gasteiger charge is -2.06. The lowest BCUT2D eigenvalue weighted by atomic mass is 10.2. The molecule has 0 fully saturated rings. The molecule has 0 unspecified atom stereocenters. The summed E-state index contributed by atoms with van der Waals surface area (Å²) in [5.41, 5.74) is 0.794. The van der Waals surface area contributed by atoms with Gasteiger partial charge in [0.05, 0.1) is 17.4 Å². The van der Waals surface area contributed by atoms with Gasteiger partial charge >= 0.3 is 5.97 Å². The molecule has 0 aliphatic rings. The SMILES string of the molecule is O=C(O)CS(=O)(=O)Nc1cccc2cn[nH]c12. The fourth-order valence-electron chi connectivity index (χ4n) is 1.42. The first-order valence-electron chi connectivity index (χ1n) is 4.62. The van der Waals surface area contributed by atoms with E-state index < -0.39 is 21.7 Å². The van der Waals surface area contributed by atoms with Gasteiger partial charge < -0.3 is 5.11 Å². The van der Waals surface area contributed by atoms with Crippen LogP contribution in [-0.4, -0.2) is 35.4 Å². The Morgan fingerprint density at radius 2 is 2.24 bits per heavy atom. The first-order chi connectivity index (χ1) is 7.98. The van der Waals surface area contributed by atoms with Gasteiger partial charge in [-0.05, 0) is 6.07 Å². The van der Waals surface area contributed by atoms with Crippen LogP contribution in [0.1, 0.15) is 0 Å². The predicted octanol–water partition coefficient (Wildman–Crippen LogP) is 0.389. The van der Waals surface area contributed by atoms with E-state index in [0.29, 0.717) is 5.52 Å². The predicted molar refractivity (Wildman–Crippen MR) is 61.1 cm³/mol. The van der Waals surface area contributed by atoms with Crippen molar-refractivity contribution in [2.45, 2.75) is 0 Å². The number of carbonyl (C=O) groups is 1. The Morgan fingerprint density at radius 1 is 1.47 bits per heavy atom. The smallest absolute Gasteiger partial charge is 0.320 e. The number of rotatable bonds is 4. The fourth-order valence-corrected chi connectivity index (χ4v) is 2.32. The van der Waals surface area contributed by atoms with E-state index in [4.69, 9.17) is 5.11 Å². The van der Waals surface area contributed by atoms with E-state index in [0.717, 1.165) is 5.39 Å². The summed E-state index contributed by atoms with van der Waals surface area (Å²) < 4.78 is 25.1. The summed E-state index contributed by atoms with van der Waals surface area (Å²) >= 11 is 0. The molecule has 0 bridgehead atoms. The summed E-state index contributed by atoms with van der Waals surface area (Å²) in [7, 11) is -3.90. The number of aliphatic carboxylic acids is 1. The third-order valence-corrected chi connectivity index (χ3v) is 3.21. The number of anilines is 1. The third-order valence-electron chi connectivity index (χ3n) is 2.06. The number of fused-ring (bicyclic) bond motifs is 1. The molecule has 0 aliphatic carbocycles. The van der Waals surface area contributed by atoms with Crippen molar-refractivity contribution in [1.29, 1.82) is 0 Å². The van der Waals surface area contributed by atoms with Crippen LogP contribution in [0.2, 0.25) is 0 Å². The van der Waals surface area contributed by atoms with Gasteiger partial charge in [-0.3, -0.25) is 14.6 Å². The number of aromatic nitrogens is 2. The molecule has 0 saturated carbocycles. The standard InChI is InChI=1S/C9H9N3O4S/c13-8(14)5-17(15,16)12-7-3-1-2-6-4-10-11-9(6)7/h1-4,12H,5H2,(H,10,11)(H,13,14). The van der Waals surface area contributed by atoms with E-state index in [2.05, 4.69) is 14.9 Å². The van der Waals surface area contributed by atoms with Gasteiger partial charge in [0.2, 0.25) is 10.0 Å². The van der Waals surface area contributed by atoms with E-state index in [1.807, 2.05) is 0 Å². The molecule has 0 radical (unpaired) electrons. The van der Waals surface area contributed by atoms with Crippen molar-refractivity contribution >= 4 is 32.6 Å². The minimum Gasteiger partial charge on any atom is -0.480 e. The highest BCUT2D eigenvalue weighted by Crippen LogP contribution is 2.21. The van der Waals surface area contributed by atoms with Gasteiger partial charge in [-0.15, -0.1) is 0 Å². The first kappa shape index (κ1) is 11.4. The number of carboxylic acid groups (broad SMARTS) is 1. The molecule has 8 heteroatoms. The summed E-state index contributed by atoms with van der Waals surface area (Å²) in [6.45, 7) is 0. The topological polar surface area (TPSA) is 112 Å². The van der Waals surface area contributed by atoms with Crippen LogP contribution < -0.4 is 4.72 Å². The van der Waals surface area contributed by atoms with Crippen molar-refractivity contribution < 1.29 is 18.3 Å². The number of para-hydroxylation sites is 1. The van der Waals surface area contributed by atoms with Gasteiger partial charge in [-0.1, -0.05) is 12.1 Å². The second-order valence-corrected chi connectivity index (χ2v) is 5.12. The number of carboxylic acids is 1. The van der Waals surface area contributed by atoms with Gasteiger partial charge in [0.15, 0.2) is 5.75 Å². The number of hydrogen-bond donors (Lipinski definition) is 3.